The van der Waals surface area contributed by atoms with Gasteiger partial charge in [-0.25, -0.2) is 0 Å². The molecule has 0 atom stereocenters. The molecule has 1 N–H and O–H groups in total. The fourth-order valence-electron chi connectivity index (χ4n) is 3.96. The summed E-state index contributed by atoms with van der Waals surface area (Å²) in [6, 6.07) is 6.45. The van der Waals surface area contributed by atoms with Gasteiger partial charge in [0.1, 0.15) is 5.75 Å². The number of carbonyl (C=O) groups is 1. The number of likely N-dealkylation sites (tertiary alicyclic amines) is 1. The summed E-state index contributed by atoms with van der Waals surface area (Å²) in [5.74, 6) is 1.16. The number of halogens is 2. The highest BCUT2D eigenvalue weighted by Gasteiger charge is 2.18. The van der Waals surface area contributed by atoms with E-state index in [0.717, 1.165) is 51.3 Å². The van der Waals surface area contributed by atoms with E-state index in [1.807, 2.05) is 21.8 Å². The standard InChI is InChI=1S/C21H33N3O2.2CH3I/c1-22-17-21(25)24-13-8-18-6-7-20(16-19(18)9-14-24)26-15-5-12-23-10-3-2-4-11-23;2*1-2/h6-7,16,22H,2-5,8-15,17H2,1H3;2*1H3. The first-order valence-corrected chi connectivity index (χ1v) is 15.2. The number of rotatable bonds is 7. The molecule has 0 unspecified atom stereocenters. The molecule has 1 fully saturated rings. The number of ether oxygens (including phenoxy) is 1. The van der Waals surface area contributed by atoms with Gasteiger partial charge in [-0.15, -0.1) is 0 Å². The van der Waals surface area contributed by atoms with E-state index < -0.39 is 0 Å². The Balaban J connectivity index is 0.00000106. The summed E-state index contributed by atoms with van der Waals surface area (Å²) in [7, 11) is 1.82. The molecule has 0 aliphatic carbocycles. The lowest BCUT2D eigenvalue weighted by Crippen LogP contribution is -2.38. The molecule has 1 saturated heterocycles. The van der Waals surface area contributed by atoms with Gasteiger partial charge in [-0.05, 0) is 85.4 Å². The first kappa shape index (κ1) is 27.9. The van der Waals surface area contributed by atoms with Crippen LogP contribution in [0.25, 0.3) is 0 Å². The quantitative estimate of drug-likeness (QED) is 0.275. The third-order valence-corrected chi connectivity index (χ3v) is 5.50. The summed E-state index contributed by atoms with van der Waals surface area (Å²) in [6.45, 7) is 6.45. The summed E-state index contributed by atoms with van der Waals surface area (Å²) in [4.78, 5) is 20.6. The van der Waals surface area contributed by atoms with Crippen LogP contribution in [0.2, 0.25) is 0 Å². The first-order valence-electron chi connectivity index (χ1n) is 10.9. The van der Waals surface area contributed by atoms with E-state index in [-0.39, 0.29) is 5.91 Å². The van der Waals surface area contributed by atoms with Crippen molar-refractivity contribution in [2.75, 3.05) is 62.8 Å². The Morgan fingerprint density at radius 1 is 1.00 bits per heavy atom. The molecule has 5 nitrogen and oxygen atoms in total. The lowest BCUT2D eigenvalue weighted by molar-refractivity contribution is -0.130. The van der Waals surface area contributed by atoms with Gasteiger partial charge in [0, 0.05) is 19.6 Å². The molecule has 1 aromatic rings. The van der Waals surface area contributed by atoms with E-state index in [1.165, 1.54) is 43.5 Å². The van der Waals surface area contributed by atoms with Crippen molar-refractivity contribution in [1.29, 1.82) is 0 Å². The normalized spacial score (nSPS) is 16.2. The number of nitrogens with zero attached hydrogens (tertiary/aromatic N) is 2. The highest BCUT2D eigenvalue weighted by Crippen LogP contribution is 2.22. The van der Waals surface area contributed by atoms with E-state index >= 15 is 0 Å². The highest BCUT2D eigenvalue weighted by atomic mass is 127. The number of likely N-dealkylation sites (N-methyl/N-ethyl adjacent to an activating group) is 1. The van der Waals surface area contributed by atoms with Crippen LogP contribution in [0.4, 0.5) is 0 Å². The van der Waals surface area contributed by atoms with Crippen LogP contribution in [-0.4, -0.2) is 78.5 Å². The van der Waals surface area contributed by atoms with Crippen molar-refractivity contribution in [3.8, 4) is 5.75 Å². The Morgan fingerprint density at radius 2 is 1.67 bits per heavy atom. The zero-order valence-corrected chi connectivity index (χ0v) is 23.2. The second-order valence-electron chi connectivity index (χ2n) is 7.45. The van der Waals surface area contributed by atoms with Crippen molar-refractivity contribution in [2.45, 2.75) is 38.5 Å². The van der Waals surface area contributed by atoms with E-state index in [4.69, 9.17) is 4.74 Å². The zero-order chi connectivity index (χ0) is 22.2. The molecule has 0 spiro atoms. The Bertz CT molecular complexity index is 596. The van der Waals surface area contributed by atoms with Crippen molar-refractivity contribution < 1.29 is 9.53 Å². The Kier molecular flexibility index (Phi) is 16.2. The topological polar surface area (TPSA) is 44.8 Å². The minimum absolute atomic E-state index is 0.189. The van der Waals surface area contributed by atoms with Crippen LogP contribution >= 0.6 is 45.2 Å². The molecule has 172 valence electrons. The predicted molar refractivity (Wildman–Crippen MR) is 145 cm³/mol. The van der Waals surface area contributed by atoms with Crippen LogP contribution in [-0.2, 0) is 17.6 Å². The predicted octanol–water partition coefficient (Wildman–Crippen LogP) is 4.19. The van der Waals surface area contributed by atoms with Gasteiger partial charge in [0.25, 0.3) is 0 Å². The molecule has 0 saturated carbocycles. The average Bonchev–Trinajstić information content (AvgIpc) is 3.03. The number of fused-ring (bicyclic) bond motifs is 1. The maximum atomic E-state index is 12.1. The van der Waals surface area contributed by atoms with E-state index in [1.54, 1.807) is 0 Å². The highest BCUT2D eigenvalue weighted by molar-refractivity contribution is 14.1. The molecule has 2 aliphatic rings. The molecular formula is C23H39I2N3O2. The molecular weight excluding hydrogens is 604 g/mol. The molecule has 30 heavy (non-hydrogen) atoms. The molecule has 0 radical (unpaired) electrons. The van der Waals surface area contributed by atoms with Crippen molar-refractivity contribution in [2.24, 2.45) is 0 Å². The smallest absolute Gasteiger partial charge is 0.236 e. The number of piperidine rings is 1. The van der Waals surface area contributed by atoms with Gasteiger partial charge in [0.2, 0.25) is 5.91 Å². The van der Waals surface area contributed by atoms with Gasteiger partial charge in [-0.2, -0.15) is 0 Å². The van der Waals surface area contributed by atoms with Crippen molar-refractivity contribution in [3.63, 3.8) is 0 Å². The largest absolute Gasteiger partial charge is 0.494 e. The summed E-state index contributed by atoms with van der Waals surface area (Å²) in [5.41, 5.74) is 2.68. The minimum atomic E-state index is 0.189. The second kappa shape index (κ2) is 17.4. The van der Waals surface area contributed by atoms with E-state index in [0.29, 0.717) is 6.54 Å². The fourth-order valence-corrected chi connectivity index (χ4v) is 3.96. The molecule has 7 heteroatoms. The molecule has 0 bridgehead atoms. The number of amides is 1. The van der Waals surface area contributed by atoms with Crippen LogP contribution < -0.4 is 10.1 Å². The van der Waals surface area contributed by atoms with Gasteiger partial charge < -0.3 is 19.9 Å². The summed E-state index contributed by atoms with van der Waals surface area (Å²) in [5, 5.41) is 2.95. The Morgan fingerprint density at radius 3 is 2.33 bits per heavy atom. The molecule has 0 aromatic heterocycles. The van der Waals surface area contributed by atoms with E-state index in [2.05, 4.69) is 73.6 Å². The van der Waals surface area contributed by atoms with Gasteiger partial charge in [0.05, 0.1) is 13.2 Å². The monoisotopic (exact) mass is 643 g/mol. The lowest BCUT2D eigenvalue weighted by Gasteiger charge is -2.26. The van der Waals surface area contributed by atoms with Gasteiger partial charge in [-0.1, -0.05) is 57.7 Å². The molecule has 1 amide bonds. The van der Waals surface area contributed by atoms with Crippen LogP contribution in [0.1, 0.15) is 36.8 Å². The Labute approximate surface area is 211 Å². The number of hydrogen-bond acceptors (Lipinski definition) is 4. The number of nitrogens with one attached hydrogen (secondary N) is 1. The Hall–Kier alpha value is -0.130. The third-order valence-electron chi connectivity index (χ3n) is 5.50. The summed E-state index contributed by atoms with van der Waals surface area (Å²) >= 11 is 4.30. The summed E-state index contributed by atoms with van der Waals surface area (Å²) < 4.78 is 6.00. The SMILES string of the molecule is CI.CI.CNCC(=O)N1CCc2ccc(OCCCN3CCCCC3)cc2CC1. The van der Waals surface area contributed by atoms with Crippen molar-refractivity contribution in [3.05, 3.63) is 29.3 Å². The maximum Gasteiger partial charge on any atom is 0.236 e. The molecule has 2 aliphatic heterocycles. The fraction of sp³-hybridized carbons (Fsp3) is 0.696. The number of benzene rings is 1. The number of hydrogen-bond donors (Lipinski definition) is 1. The summed E-state index contributed by atoms with van der Waals surface area (Å²) in [6.07, 6.45) is 7.01. The van der Waals surface area contributed by atoms with Crippen LogP contribution in [0.15, 0.2) is 18.2 Å². The first-order chi connectivity index (χ1) is 14.8. The van der Waals surface area contributed by atoms with Gasteiger partial charge in [0.15, 0.2) is 0 Å². The molecule has 2 heterocycles. The molecule has 1 aromatic carbocycles. The van der Waals surface area contributed by atoms with Crippen molar-refractivity contribution in [1.82, 2.24) is 15.1 Å². The second-order valence-corrected chi connectivity index (χ2v) is 7.45. The zero-order valence-electron chi connectivity index (χ0n) is 18.9. The van der Waals surface area contributed by atoms with Gasteiger partial charge >= 0.3 is 0 Å². The maximum absolute atomic E-state index is 12.1. The third kappa shape index (κ3) is 9.99. The molecule has 3 rings (SSSR count). The number of carbonyl (C=O) groups excluding carboxylic acids is 1. The van der Waals surface area contributed by atoms with Crippen LogP contribution in [0.3, 0.4) is 0 Å². The van der Waals surface area contributed by atoms with E-state index in [9.17, 15) is 4.79 Å². The van der Waals surface area contributed by atoms with Crippen LogP contribution in [0, 0.1) is 0 Å². The minimum Gasteiger partial charge on any atom is -0.494 e. The van der Waals surface area contributed by atoms with Crippen LogP contribution in [0.5, 0.6) is 5.75 Å². The van der Waals surface area contributed by atoms with Gasteiger partial charge in [-0.3, -0.25) is 4.79 Å². The number of alkyl halides is 2. The average molecular weight is 643 g/mol. The van der Waals surface area contributed by atoms with Crippen molar-refractivity contribution >= 4 is 51.1 Å². The lowest BCUT2D eigenvalue weighted by atomic mass is 10.0.